The number of fused-ring (bicyclic) bond motifs is 1. The number of amides is 2. The van der Waals surface area contributed by atoms with Crippen LogP contribution in [0.2, 0.25) is 0 Å². The number of sulfonamides is 1. The molecule has 2 amide bonds. The predicted molar refractivity (Wildman–Crippen MR) is 140 cm³/mol. The first-order valence-electron chi connectivity index (χ1n) is 11.7. The Balaban J connectivity index is 1.45. The maximum Gasteiger partial charge on any atom is 0.338 e. The highest BCUT2D eigenvalue weighted by atomic mass is 32.2. The van der Waals surface area contributed by atoms with Gasteiger partial charge < -0.3 is 15.4 Å². The van der Waals surface area contributed by atoms with Crippen LogP contribution in [0.25, 0.3) is 0 Å². The van der Waals surface area contributed by atoms with E-state index in [4.69, 9.17) is 4.74 Å². The molecule has 1 aliphatic heterocycles. The van der Waals surface area contributed by atoms with Gasteiger partial charge in [-0.25, -0.2) is 13.2 Å². The third kappa shape index (κ3) is 5.64. The van der Waals surface area contributed by atoms with Gasteiger partial charge in [-0.05, 0) is 74.4 Å². The van der Waals surface area contributed by atoms with Crippen molar-refractivity contribution >= 4 is 44.9 Å². The Morgan fingerprint density at radius 3 is 2.27 bits per heavy atom. The zero-order chi connectivity index (χ0) is 26.7. The maximum atomic E-state index is 13.5. The monoisotopic (exact) mass is 521 g/mol. The van der Waals surface area contributed by atoms with Crippen molar-refractivity contribution in [2.45, 2.75) is 44.2 Å². The summed E-state index contributed by atoms with van der Waals surface area (Å²) >= 11 is 0. The Morgan fingerprint density at radius 1 is 0.946 bits per heavy atom. The van der Waals surface area contributed by atoms with Crippen LogP contribution in [0.3, 0.4) is 0 Å². The maximum absolute atomic E-state index is 13.5. The molecule has 0 aromatic heterocycles. The predicted octanol–water partition coefficient (Wildman–Crippen LogP) is 3.97. The highest BCUT2D eigenvalue weighted by molar-refractivity contribution is 7.92. The quantitative estimate of drug-likeness (QED) is 0.454. The van der Waals surface area contributed by atoms with Crippen molar-refractivity contribution < 1.29 is 27.5 Å². The van der Waals surface area contributed by atoms with E-state index in [1.165, 1.54) is 42.4 Å². The van der Waals surface area contributed by atoms with Crippen molar-refractivity contribution in [1.29, 1.82) is 0 Å². The number of ether oxygens (including phenoxy) is 1. The number of nitrogens with one attached hydrogen (secondary N) is 2. The molecule has 0 fully saturated rings. The van der Waals surface area contributed by atoms with Crippen LogP contribution < -0.4 is 14.9 Å². The van der Waals surface area contributed by atoms with E-state index in [-0.39, 0.29) is 22.4 Å². The second-order valence-corrected chi connectivity index (χ2v) is 10.6. The molecule has 192 valence electrons. The van der Waals surface area contributed by atoms with Gasteiger partial charge in [0.15, 0.2) is 6.10 Å². The molecule has 0 radical (unpaired) electrons. The van der Waals surface area contributed by atoms with Gasteiger partial charge in [-0.1, -0.05) is 24.3 Å². The number of rotatable bonds is 7. The van der Waals surface area contributed by atoms with Crippen LogP contribution >= 0.6 is 0 Å². The average Bonchev–Trinajstić information content (AvgIpc) is 3.21. The Morgan fingerprint density at radius 2 is 1.59 bits per heavy atom. The standard InChI is InChI=1S/C27H27N3O6S/c1-17-15-20-7-4-5-10-25(20)30(17)37(34,35)24-9-6-8-21(16-24)27(33)36-18(2)26(32)29-23-13-11-22(12-14-23)28-19(3)31/h4-14,16-18H,15H2,1-3H3,(H,28,31)(H,29,32). The zero-order valence-corrected chi connectivity index (χ0v) is 21.4. The van der Waals surface area contributed by atoms with Crippen molar-refractivity contribution in [3.63, 3.8) is 0 Å². The summed E-state index contributed by atoms with van der Waals surface area (Å²) in [6.07, 6.45) is -0.548. The Bertz CT molecular complexity index is 1450. The highest BCUT2D eigenvalue weighted by Crippen LogP contribution is 2.36. The Hall–Kier alpha value is -4.18. The van der Waals surface area contributed by atoms with Crippen LogP contribution in [0.5, 0.6) is 0 Å². The van der Waals surface area contributed by atoms with E-state index in [2.05, 4.69) is 10.6 Å². The molecular weight excluding hydrogens is 494 g/mol. The normalized spacial score (nSPS) is 15.4. The van der Waals surface area contributed by atoms with E-state index in [0.29, 0.717) is 23.5 Å². The number of carbonyl (C=O) groups excluding carboxylic acids is 3. The first-order chi connectivity index (χ1) is 17.6. The topological polar surface area (TPSA) is 122 Å². The van der Waals surface area contributed by atoms with E-state index in [1.807, 2.05) is 19.1 Å². The molecule has 0 spiro atoms. The van der Waals surface area contributed by atoms with Gasteiger partial charge in [0.1, 0.15) is 0 Å². The molecular formula is C27H27N3O6S. The van der Waals surface area contributed by atoms with Gasteiger partial charge in [-0.15, -0.1) is 0 Å². The lowest BCUT2D eigenvalue weighted by atomic mass is 10.1. The fourth-order valence-electron chi connectivity index (χ4n) is 4.17. The highest BCUT2D eigenvalue weighted by Gasteiger charge is 2.36. The molecule has 1 aliphatic rings. The molecule has 1 heterocycles. The number of carbonyl (C=O) groups is 3. The zero-order valence-electron chi connectivity index (χ0n) is 20.6. The minimum absolute atomic E-state index is 0.0144. The fraction of sp³-hybridized carbons (Fsp3) is 0.222. The SMILES string of the molecule is CC(=O)Nc1ccc(NC(=O)C(C)OC(=O)c2cccc(S(=O)(=O)N3c4ccccc4CC3C)c2)cc1. The molecule has 3 aromatic carbocycles. The molecule has 2 N–H and O–H groups in total. The average molecular weight is 522 g/mol. The largest absolute Gasteiger partial charge is 0.449 e. The molecule has 2 unspecified atom stereocenters. The Labute approximate surface area is 215 Å². The smallest absolute Gasteiger partial charge is 0.338 e. The number of benzene rings is 3. The van der Waals surface area contributed by atoms with Crippen LogP contribution in [-0.2, 0) is 30.8 Å². The molecule has 37 heavy (non-hydrogen) atoms. The molecule has 4 rings (SSSR count). The van der Waals surface area contributed by atoms with E-state index < -0.39 is 28.0 Å². The number of anilines is 3. The molecule has 3 aromatic rings. The van der Waals surface area contributed by atoms with Gasteiger partial charge in [-0.2, -0.15) is 0 Å². The van der Waals surface area contributed by atoms with Crippen LogP contribution in [0.4, 0.5) is 17.1 Å². The summed E-state index contributed by atoms with van der Waals surface area (Å²) in [7, 11) is -3.93. The lowest BCUT2D eigenvalue weighted by molar-refractivity contribution is -0.123. The number of para-hydroxylation sites is 1. The number of hydrogen-bond acceptors (Lipinski definition) is 6. The molecule has 2 atom stereocenters. The first-order valence-corrected chi connectivity index (χ1v) is 13.1. The van der Waals surface area contributed by atoms with Crippen molar-refractivity contribution in [3.8, 4) is 0 Å². The second kappa shape index (κ2) is 10.4. The number of esters is 1. The minimum Gasteiger partial charge on any atom is -0.449 e. The van der Waals surface area contributed by atoms with Gasteiger partial charge >= 0.3 is 5.97 Å². The summed E-state index contributed by atoms with van der Waals surface area (Å²) in [5, 5.41) is 5.26. The van der Waals surface area contributed by atoms with Crippen molar-refractivity contribution in [1.82, 2.24) is 0 Å². The third-order valence-electron chi connectivity index (χ3n) is 5.90. The molecule has 0 saturated heterocycles. The van der Waals surface area contributed by atoms with Crippen LogP contribution in [0.1, 0.15) is 36.7 Å². The van der Waals surface area contributed by atoms with Crippen LogP contribution in [0, 0.1) is 0 Å². The van der Waals surface area contributed by atoms with E-state index in [9.17, 15) is 22.8 Å². The Kier molecular flexibility index (Phi) is 7.30. The van der Waals surface area contributed by atoms with Gasteiger partial charge in [0.25, 0.3) is 15.9 Å². The summed E-state index contributed by atoms with van der Waals surface area (Å²) in [6.45, 7) is 4.65. The van der Waals surface area contributed by atoms with Crippen molar-refractivity contribution in [2.75, 3.05) is 14.9 Å². The fourth-order valence-corrected chi connectivity index (χ4v) is 5.91. The van der Waals surface area contributed by atoms with E-state index in [1.54, 1.807) is 36.4 Å². The number of hydrogen-bond donors (Lipinski definition) is 2. The minimum atomic E-state index is -3.93. The molecule has 9 nitrogen and oxygen atoms in total. The molecule has 0 saturated carbocycles. The van der Waals surface area contributed by atoms with Crippen molar-refractivity contribution in [3.05, 3.63) is 83.9 Å². The van der Waals surface area contributed by atoms with Crippen LogP contribution in [0.15, 0.2) is 77.7 Å². The summed E-state index contributed by atoms with van der Waals surface area (Å²) in [6, 6.07) is 19.1. The summed E-state index contributed by atoms with van der Waals surface area (Å²) < 4.78 is 33.6. The third-order valence-corrected chi connectivity index (χ3v) is 7.82. The summed E-state index contributed by atoms with van der Waals surface area (Å²) in [4.78, 5) is 36.4. The lowest BCUT2D eigenvalue weighted by Crippen LogP contribution is -2.35. The number of nitrogens with zero attached hydrogens (tertiary/aromatic N) is 1. The first kappa shape index (κ1) is 25.9. The lowest BCUT2D eigenvalue weighted by Gasteiger charge is -2.24. The molecule has 0 bridgehead atoms. The molecule has 10 heteroatoms. The van der Waals surface area contributed by atoms with Gasteiger partial charge in [0.2, 0.25) is 5.91 Å². The van der Waals surface area contributed by atoms with Gasteiger partial charge in [0, 0.05) is 24.3 Å². The summed E-state index contributed by atoms with van der Waals surface area (Å²) in [5.41, 5.74) is 2.61. The van der Waals surface area contributed by atoms with E-state index in [0.717, 1.165) is 5.56 Å². The summed E-state index contributed by atoms with van der Waals surface area (Å²) in [5.74, 6) is -1.60. The van der Waals surface area contributed by atoms with Gasteiger partial charge in [0.05, 0.1) is 16.1 Å². The van der Waals surface area contributed by atoms with Gasteiger partial charge in [-0.3, -0.25) is 13.9 Å². The molecule has 0 aliphatic carbocycles. The van der Waals surface area contributed by atoms with Crippen molar-refractivity contribution in [2.24, 2.45) is 0 Å². The second-order valence-electron chi connectivity index (χ2n) is 8.81. The van der Waals surface area contributed by atoms with E-state index >= 15 is 0 Å². The van der Waals surface area contributed by atoms with Crippen LogP contribution in [-0.4, -0.2) is 38.3 Å².